The molecule has 0 bridgehead atoms. The number of sulfonamides is 1. The lowest BCUT2D eigenvalue weighted by Gasteiger charge is -2.29. The first-order chi connectivity index (χ1) is 19.7. The summed E-state index contributed by atoms with van der Waals surface area (Å²) in [7, 11) is -0.354. The molecular formula is C27H31F3N6O5S. The van der Waals surface area contributed by atoms with Gasteiger partial charge >= 0.3 is 6.18 Å². The summed E-state index contributed by atoms with van der Waals surface area (Å²) < 4.78 is 78.2. The second-order valence-electron chi connectivity index (χ2n) is 9.98. The molecule has 1 aliphatic rings. The van der Waals surface area contributed by atoms with Crippen LogP contribution in [0, 0.1) is 6.92 Å². The van der Waals surface area contributed by atoms with E-state index in [1.165, 1.54) is 31.4 Å². The second-order valence-corrected chi connectivity index (χ2v) is 11.7. The molecule has 0 saturated carbocycles. The molecule has 3 N–H and O–H groups in total. The number of ether oxygens (including phenoxy) is 2. The lowest BCUT2D eigenvalue weighted by Crippen LogP contribution is -2.43. The number of alkyl halides is 3. The van der Waals surface area contributed by atoms with Crippen molar-refractivity contribution in [3.05, 3.63) is 59.3 Å². The number of anilines is 3. The highest BCUT2D eigenvalue weighted by atomic mass is 32.2. The molecule has 15 heteroatoms. The van der Waals surface area contributed by atoms with Gasteiger partial charge in [0.2, 0.25) is 21.9 Å². The smallest absolute Gasteiger partial charge is 0.423 e. The number of nitrogens with one attached hydrogen (secondary N) is 3. The topological polar surface area (TPSA) is 135 Å². The Morgan fingerprint density at radius 3 is 2.43 bits per heavy atom. The predicted molar refractivity (Wildman–Crippen MR) is 151 cm³/mol. The summed E-state index contributed by atoms with van der Waals surface area (Å²) in [6, 6.07) is 8.92. The quantitative estimate of drug-likeness (QED) is 0.320. The van der Waals surface area contributed by atoms with E-state index in [0.717, 1.165) is 32.2 Å². The van der Waals surface area contributed by atoms with Gasteiger partial charge in [0.15, 0.2) is 5.75 Å². The summed E-state index contributed by atoms with van der Waals surface area (Å²) in [6.07, 6.45) is -1.74. The van der Waals surface area contributed by atoms with Crippen LogP contribution >= 0.6 is 0 Å². The molecule has 1 fully saturated rings. The van der Waals surface area contributed by atoms with E-state index < -0.39 is 27.6 Å². The average molecular weight is 609 g/mol. The van der Waals surface area contributed by atoms with Crippen LogP contribution < -0.4 is 24.8 Å². The van der Waals surface area contributed by atoms with Gasteiger partial charge < -0.3 is 25.0 Å². The molecule has 0 spiro atoms. The number of amides is 1. The van der Waals surface area contributed by atoms with Crippen LogP contribution in [-0.2, 0) is 16.2 Å². The number of carbonyl (C=O) groups is 1. The first kappa shape index (κ1) is 30.8. The van der Waals surface area contributed by atoms with Crippen molar-refractivity contribution in [2.24, 2.45) is 0 Å². The maximum absolute atomic E-state index is 13.8. The standard InChI is InChI=1S/C27H31F3N6O5S/c1-16-5-8-22(21(13-16)35-42(4,38)39)41-25-19(27(28,29)30)15-31-26(34-25)33-20-7-6-17(14-23(20)40-3)24(37)32-18-9-11-36(2)12-10-18/h5-8,13-15,18,35H,9-12H2,1-4H3,(H,32,37)(H,31,33,34). The predicted octanol–water partition coefficient (Wildman–Crippen LogP) is 4.54. The minimum atomic E-state index is -4.87. The fourth-order valence-electron chi connectivity index (χ4n) is 4.29. The Kier molecular flexibility index (Phi) is 9.11. The van der Waals surface area contributed by atoms with Gasteiger partial charge in [0.25, 0.3) is 5.91 Å². The lowest BCUT2D eigenvalue weighted by molar-refractivity contribution is -0.139. The normalized spacial score (nSPS) is 14.7. The second kappa shape index (κ2) is 12.4. The molecule has 0 atom stereocenters. The Morgan fingerprint density at radius 1 is 1.07 bits per heavy atom. The van der Waals surface area contributed by atoms with Crippen molar-refractivity contribution in [1.29, 1.82) is 0 Å². The highest BCUT2D eigenvalue weighted by Gasteiger charge is 2.37. The SMILES string of the molecule is COc1cc(C(=O)NC2CCN(C)CC2)ccc1Nc1ncc(C(F)(F)F)c(Oc2ccc(C)cc2NS(C)(=O)=O)n1. The van der Waals surface area contributed by atoms with Crippen LogP contribution in [0.1, 0.15) is 34.3 Å². The van der Waals surface area contributed by atoms with Crippen LogP contribution in [0.2, 0.25) is 0 Å². The number of hydrogen-bond donors (Lipinski definition) is 3. The van der Waals surface area contributed by atoms with Crippen molar-refractivity contribution in [3.8, 4) is 17.4 Å². The zero-order valence-electron chi connectivity index (χ0n) is 23.4. The van der Waals surface area contributed by atoms with Gasteiger partial charge in [0.1, 0.15) is 11.3 Å². The number of aryl methyl sites for hydroxylation is 1. The van der Waals surface area contributed by atoms with Crippen molar-refractivity contribution in [2.75, 3.05) is 43.5 Å². The Hall–Kier alpha value is -4.11. The molecule has 2 heterocycles. The minimum absolute atomic E-state index is 0.0538. The maximum atomic E-state index is 13.8. The van der Waals surface area contributed by atoms with Crippen LogP contribution in [0.5, 0.6) is 17.4 Å². The molecule has 1 aromatic heterocycles. The van der Waals surface area contributed by atoms with Crippen LogP contribution in [0.4, 0.5) is 30.5 Å². The summed E-state index contributed by atoms with van der Waals surface area (Å²) in [5.74, 6) is -1.35. The van der Waals surface area contributed by atoms with E-state index in [4.69, 9.17) is 9.47 Å². The van der Waals surface area contributed by atoms with Crippen molar-refractivity contribution in [2.45, 2.75) is 32.0 Å². The van der Waals surface area contributed by atoms with Gasteiger partial charge in [0.05, 0.1) is 24.7 Å². The van der Waals surface area contributed by atoms with Gasteiger partial charge in [-0.2, -0.15) is 18.2 Å². The first-order valence-corrected chi connectivity index (χ1v) is 14.8. The number of aromatic nitrogens is 2. The van der Waals surface area contributed by atoms with E-state index in [1.54, 1.807) is 19.1 Å². The molecule has 42 heavy (non-hydrogen) atoms. The number of methoxy groups -OCH3 is 1. The number of carbonyl (C=O) groups excluding carboxylic acids is 1. The number of likely N-dealkylation sites (tertiary alicyclic amines) is 1. The van der Waals surface area contributed by atoms with Gasteiger partial charge in [-0.15, -0.1) is 0 Å². The molecule has 0 unspecified atom stereocenters. The summed E-state index contributed by atoms with van der Waals surface area (Å²) in [5, 5.41) is 5.82. The number of piperidine rings is 1. The summed E-state index contributed by atoms with van der Waals surface area (Å²) in [4.78, 5) is 22.7. The van der Waals surface area contributed by atoms with E-state index in [0.29, 0.717) is 17.3 Å². The molecule has 2 aromatic carbocycles. The highest BCUT2D eigenvalue weighted by Crippen LogP contribution is 2.39. The van der Waals surface area contributed by atoms with E-state index in [-0.39, 0.29) is 40.8 Å². The molecule has 0 aliphatic carbocycles. The molecule has 1 aliphatic heterocycles. The Labute approximate surface area is 241 Å². The Morgan fingerprint density at radius 2 is 1.79 bits per heavy atom. The maximum Gasteiger partial charge on any atom is 0.423 e. The molecule has 1 amide bonds. The Balaban J connectivity index is 1.60. The largest absolute Gasteiger partial charge is 0.495 e. The van der Waals surface area contributed by atoms with Gasteiger partial charge in [-0.1, -0.05) is 6.07 Å². The molecule has 3 aromatic rings. The third kappa shape index (κ3) is 8.00. The third-order valence-electron chi connectivity index (χ3n) is 6.46. The van der Waals surface area contributed by atoms with Crippen LogP contribution in [0.15, 0.2) is 42.6 Å². The van der Waals surface area contributed by atoms with Crippen LogP contribution in [0.25, 0.3) is 0 Å². The molecular weight excluding hydrogens is 577 g/mol. The average Bonchev–Trinajstić information content (AvgIpc) is 2.90. The fourth-order valence-corrected chi connectivity index (χ4v) is 4.85. The monoisotopic (exact) mass is 608 g/mol. The van der Waals surface area contributed by atoms with Gasteiger partial charge in [0, 0.05) is 17.8 Å². The van der Waals surface area contributed by atoms with Gasteiger partial charge in [-0.05, 0) is 75.8 Å². The number of halogens is 3. The third-order valence-corrected chi connectivity index (χ3v) is 7.05. The molecule has 4 rings (SSSR count). The zero-order valence-corrected chi connectivity index (χ0v) is 24.2. The van der Waals surface area contributed by atoms with Crippen LogP contribution in [-0.4, -0.2) is 68.7 Å². The minimum Gasteiger partial charge on any atom is -0.495 e. The molecule has 226 valence electrons. The molecule has 0 radical (unpaired) electrons. The zero-order chi connectivity index (χ0) is 30.7. The number of nitrogens with zero attached hydrogens (tertiary/aromatic N) is 3. The summed E-state index contributed by atoms with van der Waals surface area (Å²) in [6.45, 7) is 3.45. The highest BCUT2D eigenvalue weighted by molar-refractivity contribution is 7.92. The van der Waals surface area contributed by atoms with Crippen molar-refractivity contribution < 1.29 is 35.9 Å². The van der Waals surface area contributed by atoms with Crippen molar-refractivity contribution in [1.82, 2.24) is 20.2 Å². The van der Waals surface area contributed by atoms with Gasteiger partial charge in [-0.3, -0.25) is 9.52 Å². The summed E-state index contributed by atoms with van der Waals surface area (Å²) in [5.41, 5.74) is -0.0562. The van der Waals surface area contributed by atoms with E-state index in [9.17, 15) is 26.4 Å². The van der Waals surface area contributed by atoms with Gasteiger partial charge in [-0.25, -0.2) is 13.4 Å². The first-order valence-electron chi connectivity index (χ1n) is 12.9. The number of rotatable bonds is 9. The van der Waals surface area contributed by atoms with Crippen LogP contribution in [0.3, 0.4) is 0 Å². The van der Waals surface area contributed by atoms with Crippen molar-refractivity contribution in [3.63, 3.8) is 0 Å². The van der Waals surface area contributed by atoms with Crippen molar-refractivity contribution >= 4 is 33.3 Å². The van der Waals surface area contributed by atoms with E-state index in [2.05, 4.69) is 30.2 Å². The number of benzene rings is 2. The molecule has 1 saturated heterocycles. The summed E-state index contributed by atoms with van der Waals surface area (Å²) >= 11 is 0. The van der Waals surface area contributed by atoms with E-state index in [1.807, 2.05) is 7.05 Å². The lowest BCUT2D eigenvalue weighted by atomic mass is 10.0. The van der Waals surface area contributed by atoms with E-state index >= 15 is 0 Å². The Bertz CT molecular complexity index is 1560. The fraction of sp³-hybridized carbons (Fsp3) is 0.370. The number of hydrogen-bond acceptors (Lipinski definition) is 9. The molecule has 11 nitrogen and oxygen atoms in total.